The van der Waals surface area contributed by atoms with Crippen molar-refractivity contribution in [2.24, 2.45) is 5.73 Å². The maximum Gasteiger partial charge on any atom is 0.142 e. The normalized spacial score (nSPS) is 12.2. The van der Waals surface area contributed by atoms with E-state index in [1.165, 1.54) is 0 Å². The van der Waals surface area contributed by atoms with Gasteiger partial charge in [-0.15, -0.1) is 0 Å². The molecule has 0 aliphatic heterocycles. The SMILES string of the molecule is CCCOc1cccc(C(N)c2cccc(Br)c2F)c1. The highest BCUT2D eigenvalue weighted by Crippen LogP contribution is 2.28. The van der Waals surface area contributed by atoms with Gasteiger partial charge in [0.05, 0.1) is 17.1 Å². The minimum absolute atomic E-state index is 0.320. The van der Waals surface area contributed by atoms with Gasteiger partial charge < -0.3 is 10.5 Å². The summed E-state index contributed by atoms with van der Waals surface area (Å²) in [5.41, 5.74) is 7.46. The third-order valence-electron chi connectivity index (χ3n) is 3.01. The Bertz CT molecular complexity index is 588. The van der Waals surface area contributed by atoms with Crippen molar-refractivity contribution in [3.05, 3.63) is 63.9 Å². The monoisotopic (exact) mass is 337 g/mol. The number of rotatable bonds is 5. The third kappa shape index (κ3) is 3.38. The molecule has 2 nitrogen and oxygen atoms in total. The van der Waals surface area contributed by atoms with E-state index in [1.807, 2.05) is 31.2 Å². The molecule has 0 spiro atoms. The van der Waals surface area contributed by atoms with Crippen molar-refractivity contribution in [3.63, 3.8) is 0 Å². The lowest BCUT2D eigenvalue weighted by atomic mass is 9.99. The molecule has 0 aromatic heterocycles. The molecule has 0 heterocycles. The Balaban J connectivity index is 2.28. The van der Waals surface area contributed by atoms with E-state index < -0.39 is 6.04 Å². The van der Waals surface area contributed by atoms with Crippen LogP contribution in [0, 0.1) is 5.82 Å². The summed E-state index contributed by atoms with van der Waals surface area (Å²) in [4.78, 5) is 0. The van der Waals surface area contributed by atoms with E-state index in [9.17, 15) is 4.39 Å². The summed E-state index contributed by atoms with van der Waals surface area (Å²) in [6.07, 6.45) is 0.941. The lowest BCUT2D eigenvalue weighted by Crippen LogP contribution is -2.14. The van der Waals surface area contributed by atoms with Crippen LogP contribution in [0.1, 0.15) is 30.5 Å². The van der Waals surface area contributed by atoms with Crippen molar-refractivity contribution >= 4 is 15.9 Å². The fourth-order valence-corrected chi connectivity index (χ4v) is 2.34. The zero-order valence-corrected chi connectivity index (χ0v) is 12.9. The minimum atomic E-state index is -0.516. The lowest BCUT2D eigenvalue weighted by Gasteiger charge is -2.15. The first-order valence-corrected chi connectivity index (χ1v) is 7.35. The molecule has 2 aromatic carbocycles. The largest absolute Gasteiger partial charge is 0.494 e. The molecule has 1 atom stereocenters. The number of halogens is 2. The van der Waals surface area contributed by atoms with E-state index in [2.05, 4.69) is 15.9 Å². The van der Waals surface area contributed by atoms with E-state index in [0.29, 0.717) is 16.6 Å². The summed E-state index contributed by atoms with van der Waals surface area (Å²) in [6.45, 7) is 2.70. The van der Waals surface area contributed by atoms with Crippen LogP contribution in [0.2, 0.25) is 0 Å². The predicted molar refractivity (Wildman–Crippen MR) is 82.4 cm³/mol. The first kappa shape index (κ1) is 15.0. The Labute approximate surface area is 126 Å². The summed E-state index contributed by atoms with van der Waals surface area (Å²) in [6, 6.07) is 12.1. The summed E-state index contributed by atoms with van der Waals surface area (Å²) < 4.78 is 20.1. The van der Waals surface area contributed by atoms with E-state index in [1.54, 1.807) is 18.2 Å². The quantitative estimate of drug-likeness (QED) is 0.876. The van der Waals surface area contributed by atoms with Gasteiger partial charge in [-0.3, -0.25) is 0 Å². The highest BCUT2D eigenvalue weighted by molar-refractivity contribution is 9.10. The third-order valence-corrected chi connectivity index (χ3v) is 3.62. The molecule has 2 aromatic rings. The molecule has 2 rings (SSSR count). The fraction of sp³-hybridized carbons (Fsp3) is 0.250. The minimum Gasteiger partial charge on any atom is -0.494 e. The number of hydrogen-bond acceptors (Lipinski definition) is 2. The van der Waals surface area contributed by atoms with Crippen LogP contribution in [-0.4, -0.2) is 6.61 Å². The van der Waals surface area contributed by atoms with Gasteiger partial charge in [0.15, 0.2) is 0 Å². The van der Waals surface area contributed by atoms with E-state index >= 15 is 0 Å². The molecule has 0 saturated heterocycles. The van der Waals surface area contributed by atoms with Crippen molar-refractivity contribution in [2.75, 3.05) is 6.61 Å². The molecule has 0 bridgehead atoms. The first-order chi connectivity index (χ1) is 9.63. The average molecular weight is 338 g/mol. The smallest absolute Gasteiger partial charge is 0.142 e. The van der Waals surface area contributed by atoms with Crippen molar-refractivity contribution in [2.45, 2.75) is 19.4 Å². The Morgan fingerprint density at radius 1 is 1.25 bits per heavy atom. The van der Waals surface area contributed by atoms with Gasteiger partial charge in [0, 0.05) is 5.56 Å². The van der Waals surface area contributed by atoms with Crippen LogP contribution in [0.15, 0.2) is 46.9 Å². The molecule has 0 saturated carbocycles. The van der Waals surface area contributed by atoms with Gasteiger partial charge in [0.1, 0.15) is 11.6 Å². The second-order valence-electron chi connectivity index (χ2n) is 4.54. The van der Waals surface area contributed by atoms with Crippen LogP contribution in [-0.2, 0) is 0 Å². The molecular formula is C16H17BrFNO. The molecule has 0 fully saturated rings. The van der Waals surface area contributed by atoms with E-state index in [4.69, 9.17) is 10.5 Å². The number of hydrogen-bond donors (Lipinski definition) is 1. The second kappa shape index (κ2) is 6.86. The summed E-state index contributed by atoms with van der Waals surface area (Å²) in [5.74, 6) is 0.440. The van der Waals surface area contributed by atoms with Crippen molar-refractivity contribution in [1.82, 2.24) is 0 Å². The van der Waals surface area contributed by atoms with Gasteiger partial charge in [-0.05, 0) is 46.1 Å². The van der Waals surface area contributed by atoms with Gasteiger partial charge in [-0.25, -0.2) is 4.39 Å². The van der Waals surface area contributed by atoms with Crippen LogP contribution in [0.25, 0.3) is 0 Å². The highest BCUT2D eigenvalue weighted by Gasteiger charge is 2.15. The maximum atomic E-state index is 14.1. The van der Waals surface area contributed by atoms with Crippen molar-refractivity contribution in [3.8, 4) is 5.75 Å². The number of benzene rings is 2. The molecule has 0 aliphatic carbocycles. The molecule has 20 heavy (non-hydrogen) atoms. The van der Waals surface area contributed by atoms with Crippen molar-refractivity contribution < 1.29 is 9.13 Å². The molecule has 106 valence electrons. The summed E-state index contributed by atoms with van der Waals surface area (Å²) in [7, 11) is 0. The van der Waals surface area contributed by atoms with Crippen LogP contribution in [0.4, 0.5) is 4.39 Å². The zero-order chi connectivity index (χ0) is 14.5. The second-order valence-corrected chi connectivity index (χ2v) is 5.40. The van der Waals surface area contributed by atoms with Crippen LogP contribution >= 0.6 is 15.9 Å². The Morgan fingerprint density at radius 2 is 2.00 bits per heavy atom. The standard InChI is InChI=1S/C16H17BrFNO/c1-2-9-20-12-6-3-5-11(10-12)16(19)13-7-4-8-14(17)15(13)18/h3-8,10,16H,2,9,19H2,1H3. The lowest BCUT2D eigenvalue weighted by molar-refractivity contribution is 0.317. The molecule has 0 aliphatic rings. The Morgan fingerprint density at radius 3 is 2.75 bits per heavy atom. The summed E-state index contributed by atoms with van der Waals surface area (Å²) in [5, 5.41) is 0. The van der Waals surface area contributed by atoms with Crippen LogP contribution in [0.5, 0.6) is 5.75 Å². The number of ether oxygens (including phenoxy) is 1. The molecule has 0 radical (unpaired) electrons. The van der Waals surface area contributed by atoms with Gasteiger partial charge in [-0.2, -0.15) is 0 Å². The first-order valence-electron chi connectivity index (χ1n) is 6.55. The molecule has 0 amide bonds. The summed E-state index contributed by atoms with van der Waals surface area (Å²) >= 11 is 3.18. The Hall–Kier alpha value is -1.39. The number of nitrogens with two attached hydrogens (primary N) is 1. The van der Waals surface area contributed by atoms with Gasteiger partial charge in [-0.1, -0.05) is 31.2 Å². The van der Waals surface area contributed by atoms with Crippen LogP contribution in [0.3, 0.4) is 0 Å². The average Bonchev–Trinajstić information content (AvgIpc) is 2.47. The topological polar surface area (TPSA) is 35.2 Å². The zero-order valence-electron chi connectivity index (χ0n) is 11.3. The highest BCUT2D eigenvalue weighted by atomic mass is 79.9. The maximum absolute atomic E-state index is 14.1. The van der Waals surface area contributed by atoms with Crippen molar-refractivity contribution in [1.29, 1.82) is 0 Å². The molecule has 4 heteroatoms. The molecule has 1 unspecified atom stereocenters. The van der Waals surface area contributed by atoms with Gasteiger partial charge in [0.2, 0.25) is 0 Å². The van der Waals surface area contributed by atoms with E-state index in [-0.39, 0.29) is 5.82 Å². The predicted octanol–water partition coefficient (Wildman–Crippen LogP) is 4.43. The Kier molecular flexibility index (Phi) is 5.15. The van der Waals surface area contributed by atoms with Gasteiger partial charge in [0.25, 0.3) is 0 Å². The fourth-order valence-electron chi connectivity index (χ4n) is 1.96. The van der Waals surface area contributed by atoms with Crippen LogP contribution < -0.4 is 10.5 Å². The van der Waals surface area contributed by atoms with E-state index in [0.717, 1.165) is 17.7 Å². The molecule has 2 N–H and O–H groups in total. The molecular weight excluding hydrogens is 321 g/mol. The van der Waals surface area contributed by atoms with Gasteiger partial charge >= 0.3 is 0 Å².